The number of nitrogen functional groups attached to an aromatic ring is 1. The summed E-state index contributed by atoms with van der Waals surface area (Å²) in [7, 11) is -3.56. The van der Waals surface area contributed by atoms with Crippen LogP contribution in [-0.4, -0.2) is 18.9 Å². The molecule has 0 radical (unpaired) electrons. The van der Waals surface area contributed by atoms with Gasteiger partial charge in [0.25, 0.3) is 10.0 Å². The first kappa shape index (κ1) is 17.4. The Balaban J connectivity index is 0.00000144. The van der Waals surface area contributed by atoms with Gasteiger partial charge in [0.05, 0.1) is 4.90 Å². The Hall–Kier alpha value is -0.640. The molecule has 0 saturated heterocycles. The average Bonchev–Trinajstić information content (AvgIpc) is 2.70. The summed E-state index contributed by atoms with van der Waals surface area (Å²) in [5.74, 6) is 0. The van der Waals surface area contributed by atoms with Crippen molar-refractivity contribution < 1.29 is 43.5 Å². The molecule has 2 aromatic rings. The van der Waals surface area contributed by atoms with Crippen molar-refractivity contribution in [2.75, 3.05) is 10.5 Å². The average molecular weight is 296 g/mol. The van der Waals surface area contributed by atoms with Gasteiger partial charge in [-0.05, 0) is 24.3 Å². The van der Waals surface area contributed by atoms with E-state index in [0.29, 0.717) is 10.8 Å². The summed E-state index contributed by atoms with van der Waals surface area (Å²) in [4.78, 5) is 4.01. The number of sulfonamides is 1. The quantitative estimate of drug-likeness (QED) is 0.489. The number of nitrogens with two attached hydrogens (primary N) is 1. The molecule has 0 aliphatic rings. The summed E-state index contributed by atoms with van der Waals surface area (Å²) in [6, 6.07) is 5.98. The van der Waals surface area contributed by atoms with Crippen LogP contribution < -0.4 is 40.0 Å². The maximum Gasteiger partial charge on any atom is 1.00 e. The van der Waals surface area contributed by atoms with E-state index < -0.39 is 10.0 Å². The Bertz CT molecular complexity index is 570. The van der Waals surface area contributed by atoms with E-state index >= 15 is 0 Å². The molecule has 0 atom stereocenters. The van der Waals surface area contributed by atoms with Crippen molar-refractivity contribution in [3.8, 4) is 0 Å². The summed E-state index contributed by atoms with van der Waals surface area (Å²) in [5, 5.41) is 2.04. The number of rotatable bonds is 3. The zero-order valence-electron chi connectivity index (χ0n) is 9.62. The van der Waals surface area contributed by atoms with Crippen molar-refractivity contribution in [2.24, 2.45) is 0 Å². The second-order valence-electron chi connectivity index (χ2n) is 3.01. The molecule has 0 aliphatic heterocycles. The molecule has 1 heterocycles. The fourth-order valence-corrected chi connectivity index (χ4v) is 2.88. The van der Waals surface area contributed by atoms with E-state index in [4.69, 9.17) is 5.73 Å². The van der Waals surface area contributed by atoms with Crippen LogP contribution in [0.5, 0.6) is 0 Å². The number of nitrogens with zero attached hydrogens (tertiary/aromatic N) is 1. The van der Waals surface area contributed by atoms with Gasteiger partial charge in [0, 0.05) is 17.3 Å². The molecule has 0 fully saturated rings. The summed E-state index contributed by atoms with van der Waals surface area (Å²) in [5.41, 5.74) is 6.00. The van der Waals surface area contributed by atoms with Crippen molar-refractivity contribution >= 4 is 32.2 Å². The Morgan fingerprint density at radius 1 is 1.22 bits per heavy atom. The molecule has 0 aliphatic carbocycles. The molecule has 6 nitrogen and oxygen atoms in total. The third-order valence-electron chi connectivity index (χ3n) is 1.84. The molecule has 0 saturated carbocycles. The Labute approximate surface area is 131 Å². The third-order valence-corrected chi connectivity index (χ3v) is 4.02. The molecule has 0 spiro atoms. The first-order valence-corrected chi connectivity index (χ1v) is 6.72. The standard InChI is InChI=1S/C9H9N3O2S2.Na.H2O/c10-7-1-3-8(4-2-7)16(13,14)12-9-11-5-6-15-9;;/h1-6H,10H2,(H,11,12);;1H2/q;+1;. The van der Waals surface area contributed by atoms with Gasteiger partial charge >= 0.3 is 29.6 Å². The molecule has 5 N–H and O–H groups in total. The molecule has 0 unspecified atom stereocenters. The zero-order chi connectivity index (χ0) is 11.6. The molecule has 92 valence electrons. The summed E-state index contributed by atoms with van der Waals surface area (Å²) >= 11 is 1.22. The van der Waals surface area contributed by atoms with Gasteiger partial charge < -0.3 is 11.2 Å². The van der Waals surface area contributed by atoms with Gasteiger partial charge in [-0.3, -0.25) is 4.72 Å². The molecule has 1 aromatic heterocycles. The monoisotopic (exact) mass is 296 g/mol. The molecular weight excluding hydrogens is 285 g/mol. The van der Waals surface area contributed by atoms with Crippen LogP contribution in [0.25, 0.3) is 0 Å². The number of aromatic nitrogens is 1. The number of anilines is 2. The fourth-order valence-electron chi connectivity index (χ4n) is 1.09. The minimum atomic E-state index is -3.56. The third kappa shape index (κ3) is 4.23. The van der Waals surface area contributed by atoms with Gasteiger partial charge in [-0.25, -0.2) is 13.4 Å². The summed E-state index contributed by atoms with van der Waals surface area (Å²) < 4.78 is 26.0. The molecular formula is C9H11N3NaO3S2+. The largest absolute Gasteiger partial charge is 1.00 e. The van der Waals surface area contributed by atoms with Gasteiger partial charge in [-0.1, -0.05) is 0 Å². The molecule has 0 bridgehead atoms. The van der Waals surface area contributed by atoms with Gasteiger partial charge in [0.2, 0.25) is 0 Å². The van der Waals surface area contributed by atoms with Crippen molar-refractivity contribution in [1.82, 2.24) is 4.98 Å². The number of thiazole rings is 1. The van der Waals surface area contributed by atoms with Crippen molar-refractivity contribution in [3.63, 3.8) is 0 Å². The molecule has 0 amide bonds. The number of nitrogens with one attached hydrogen (secondary N) is 1. The van der Waals surface area contributed by atoms with Gasteiger partial charge in [-0.2, -0.15) is 0 Å². The number of benzene rings is 1. The van der Waals surface area contributed by atoms with E-state index in [1.807, 2.05) is 0 Å². The van der Waals surface area contributed by atoms with E-state index in [1.54, 1.807) is 5.38 Å². The van der Waals surface area contributed by atoms with Crippen LogP contribution >= 0.6 is 11.3 Å². The molecule has 2 rings (SSSR count). The summed E-state index contributed by atoms with van der Waals surface area (Å²) in [6.07, 6.45) is 1.53. The van der Waals surface area contributed by atoms with Crippen LogP contribution in [0.4, 0.5) is 10.8 Å². The second kappa shape index (κ2) is 7.07. The fraction of sp³-hybridized carbons (Fsp3) is 0. The van der Waals surface area contributed by atoms with Gasteiger partial charge in [-0.15, -0.1) is 11.3 Å². The zero-order valence-corrected chi connectivity index (χ0v) is 13.3. The molecule has 9 heteroatoms. The van der Waals surface area contributed by atoms with Crippen LogP contribution in [0.15, 0.2) is 40.7 Å². The van der Waals surface area contributed by atoms with Gasteiger partial charge in [0.1, 0.15) is 0 Å². The minimum Gasteiger partial charge on any atom is -0.412 e. The minimum absolute atomic E-state index is 0. The topological polar surface area (TPSA) is 117 Å². The van der Waals surface area contributed by atoms with E-state index in [2.05, 4.69) is 9.71 Å². The number of hydrogen-bond donors (Lipinski definition) is 2. The van der Waals surface area contributed by atoms with Crippen molar-refractivity contribution in [2.45, 2.75) is 4.90 Å². The number of hydrogen-bond acceptors (Lipinski definition) is 5. The maximum absolute atomic E-state index is 11.8. The Morgan fingerprint density at radius 3 is 2.33 bits per heavy atom. The van der Waals surface area contributed by atoms with Crippen LogP contribution in [-0.2, 0) is 10.0 Å². The van der Waals surface area contributed by atoms with Crippen LogP contribution in [0.2, 0.25) is 0 Å². The maximum atomic E-state index is 11.8. The van der Waals surface area contributed by atoms with Crippen LogP contribution in [0, 0.1) is 0 Å². The summed E-state index contributed by atoms with van der Waals surface area (Å²) in [6.45, 7) is 0. The Morgan fingerprint density at radius 2 is 1.83 bits per heavy atom. The first-order valence-electron chi connectivity index (χ1n) is 4.36. The van der Waals surface area contributed by atoms with Crippen molar-refractivity contribution in [1.29, 1.82) is 0 Å². The molecule has 1 aromatic carbocycles. The van der Waals surface area contributed by atoms with E-state index in [1.165, 1.54) is 41.8 Å². The van der Waals surface area contributed by atoms with Crippen molar-refractivity contribution in [3.05, 3.63) is 35.8 Å². The Kier molecular flexibility index (Phi) is 6.82. The molecule has 18 heavy (non-hydrogen) atoms. The van der Waals surface area contributed by atoms with Crippen LogP contribution in [0.3, 0.4) is 0 Å². The predicted octanol–water partition coefficient (Wildman–Crippen LogP) is -2.29. The van der Waals surface area contributed by atoms with E-state index in [0.717, 1.165) is 0 Å². The normalized spacial score (nSPS) is 10.0. The SMILES string of the molecule is Nc1ccc(S(=O)(=O)Nc2nccs2)cc1.O.[Na+]. The second-order valence-corrected chi connectivity index (χ2v) is 5.59. The first-order chi connectivity index (χ1) is 7.58. The van der Waals surface area contributed by atoms with E-state index in [9.17, 15) is 8.42 Å². The smallest absolute Gasteiger partial charge is 0.412 e. The van der Waals surface area contributed by atoms with E-state index in [-0.39, 0.29) is 39.9 Å². The van der Waals surface area contributed by atoms with Crippen LogP contribution in [0.1, 0.15) is 0 Å². The van der Waals surface area contributed by atoms with Gasteiger partial charge in [0.15, 0.2) is 5.13 Å². The predicted molar refractivity (Wildman–Crippen MR) is 67.4 cm³/mol.